The van der Waals surface area contributed by atoms with E-state index in [9.17, 15) is 4.39 Å². The number of rotatable bonds is 3. The molecule has 0 aliphatic carbocycles. The van der Waals surface area contributed by atoms with Crippen molar-refractivity contribution in [1.82, 2.24) is 4.90 Å². The van der Waals surface area contributed by atoms with Gasteiger partial charge < -0.3 is 4.74 Å². The molecule has 4 heteroatoms. The summed E-state index contributed by atoms with van der Waals surface area (Å²) in [6, 6.07) is 0.361. The molecule has 0 spiro atoms. The van der Waals surface area contributed by atoms with Crippen molar-refractivity contribution in [1.29, 1.82) is 0 Å². The number of halogens is 2. The largest absolute Gasteiger partial charge is 0.378 e. The van der Waals surface area contributed by atoms with Crippen LogP contribution in [0.5, 0.6) is 0 Å². The Morgan fingerprint density at radius 3 is 3.09 bits per heavy atom. The Morgan fingerprint density at radius 1 is 1.64 bits per heavy atom. The topological polar surface area (TPSA) is 12.5 Å². The highest BCUT2D eigenvalue weighted by Crippen LogP contribution is 2.08. The van der Waals surface area contributed by atoms with Crippen molar-refractivity contribution in [3.63, 3.8) is 0 Å². The number of nitrogens with zero attached hydrogens (tertiary/aromatic N) is 1. The average Bonchev–Trinajstić information content (AvgIpc) is 2.06. The van der Waals surface area contributed by atoms with Crippen LogP contribution in [0.2, 0.25) is 0 Å². The van der Waals surface area contributed by atoms with E-state index in [-0.39, 0.29) is 6.67 Å². The zero-order valence-corrected chi connectivity index (χ0v) is 8.02. The lowest BCUT2D eigenvalue weighted by Gasteiger charge is -2.33. The molecule has 0 N–H and O–H groups in total. The van der Waals surface area contributed by atoms with Crippen LogP contribution in [0.1, 0.15) is 0 Å². The van der Waals surface area contributed by atoms with E-state index in [0.29, 0.717) is 12.6 Å². The summed E-state index contributed by atoms with van der Waals surface area (Å²) < 4.78 is 17.2. The van der Waals surface area contributed by atoms with Crippen LogP contribution in [-0.4, -0.2) is 49.2 Å². The van der Waals surface area contributed by atoms with E-state index in [1.54, 1.807) is 0 Å². The van der Waals surface area contributed by atoms with Crippen molar-refractivity contribution in [2.45, 2.75) is 6.04 Å². The second-order valence-electron chi connectivity index (χ2n) is 2.61. The summed E-state index contributed by atoms with van der Waals surface area (Å²) in [5.74, 6) is 0. The van der Waals surface area contributed by atoms with Gasteiger partial charge in [-0.1, -0.05) is 15.9 Å². The molecule has 66 valence electrons. The van der Waals surface area contributed by atoms with Gasteiger partial charge in [-0.2, -0.15) is 0 Å². The summed E-state index contributed by atoms with van der Waals surface area (Å²) in [5, 5.41) is 0.868. The first-order chi connectivity index (χ1) is 5.38. The summed E-state index contributed by atoms with van der Waals surface area (Å²) in [5.41, 5.74) is 0. The minimum Gasteiger partial charge on any atom is -0.378 e. The molecule has 1 atom stereocenters. The van der Waals surface area contributed by atoms with Crippen LogP contribution in [0.25, 0.3) is 0 Å². The highest BCUT2D eigenvalue weighted by Gasteiger charge is 2.20. The maximum absolute atomic E-state index is 12.0. The Kier molecular flexibility index (Phi) is 4.33. The Balaban J connectivity index is 2.31. The standard InChI is InChI=1S/C7H13BrFNO/c8-5-7-6-11-4-3-10(7)2-1-9/h7H,1-6H2. The lowest BCUT2D eigenvalue weighted by atomic mass is 10.2. The first-order valence-corrected chi connectivity index (χ1v) is 4.94. The second-order valence-corrected chi connectivity index (χ2v) is 3.26. The molecule has 1 rings (SSSR count). The molecule has 2 nitrogen and oxygen atoms in total. The van der Waals surface area contributed by atoms with Crippen LogP contribution >= 0.6 is 15.9 Å². The number of hydrogen-bond donors (Lipinski definition) is 0. The smallest absolute Gasteiger partial charge is 0.102 e. The van der Waals surface area contributed by atoms with Gasteiger partial charge in [0, 0.05) is 24.5 Å². The maximum atomic E-state index is 12.0. The van der Waals surface area contributed by atoms with Gasteiger partial charge in [-0.05, 0) is 0 Å². The van der Waals surface area contributed by atoms with Crippen LogP contribution in [0.15, 0.2) is 0 Å². The normalized spacial score (nSPS) is 27.3. The molecule has 0 aromatic carbocycles. The molecule has 1 heterocycles. The fourth-order valence-electron chi connectivity index (χ4n) is 1.23. The van der Waals surface area contributed by atoms with Crippen LogP contribution in [0.3, 0.4) is 0 Å². The molecule has 0 bridgehead atoms. The number of morpholine rings is 1. The van der Waals surface area contributed by atoms with Crippen molar-refractivity contribution in [3.05, 3.63) is 0 Å². The van der Waals surface area contributed by atoms with Gasteiger partial charge in [0.05, 0.1) is 13.2 Å². The maximum Gasteiger partial charge on any atom is 0.102 e. The van der Waals surface area contributed by atoms with E-state index in [1.807, 2.05) is 0 Å². The zero-order chi connectivity index (χ0) is 8.10. The molecule has 1 aliphatic heterocycles. The lowest BCUT2D eigenvalue weighted by Crippen LogP contribution is -2.47. The van der Waals surface area contributed by atoms with Crippen LogP contribution in [0, 0.1) is 0 Å². The number of alkyl halides is 2. The molecule has 11 heavy (non-hydrogen) atoms. The summed E-state index contributed by atoms with van der Waals surface area (Å²) in [4.78, 5) is 2.12. The Bertz CT molecular complexity index is 113. The third kappa shape index (κ3) is 2.69. The monoisotopic (exact) mass is 225 g/mol. The SMILES string of the molecule is FCCN1CCOCC1CBr. The summed E-state index contributed by atoms with van der Waals surface area (Å²) in [7, 11) is 0. The van der Waals surface area contributed by atoms with Crippen molar-refractivity contribution >= 4 is 15.9 Å². The van der Waals surface area contributed by atoms with E-state index >= 15 is 0 Å². The predicted octanol–water partition coefficient (Wildman–Crippen LogP) is 1.05. The van der Waals surface area contributed by atoms with E-state index in [4.69, 9.17) is 4.74 Å². The highest BCUT2D eigenvalue weighted by atomic mass is 79.9. The minimum atomic E-state index is -0.260. The van der Waals surface area contributed by atoms with Gasteiger partial charge in [0.1, 0.15) is 6.67 Å². The van der Waals surface area contributed by atoms with Crippen molar-refractivity contribution in [2.75, 3.05) is 38.3 Å². The molecule has 0 radical (unpaired) electrons. The third-order valence-corrected chi connectivity index (χ3v) is 2.65. The fraction of sp³-hybridized carbons (Fsp3) is 1.00. The summed E-state index contributed by atoms with van der Waals surface area (Å²) >= 11 is 3.38. The van der Waals surface area contributed by atoms with E-state index < -0.39 is 0 Å². The highest BCUT2D eigenvalue weighted by molar-refractivity contribution is 9.09. The Morgan fingerprint density at radius 2 is 2.45 bits per heavy atom. The van der Waals surface area contributed by atoms with Gasteiger partial charge in [-0.25, -0.2) is 4.39 Å². The van der Waals surface area contributed by atoms with E-state index in [0.717, 1.165) is 25.1 Å². The summed E-state index contributed by atoms with van der Waals surface area (Å²) in [6.45, 7) is 2.61. The van der Waals surface area contributed by atoms with Crippen LogP contribution < -0.4 is 0 Å². The molecular weight excluding hydrogens is 213 g/mol. The van der Waals surface area contributed by atoms with Gasteiger partial charge in [-0.3, -0.25) is 4.90 Å². The molecule has 1 unspecified atom stereocenters. The molecular formula is C7H13BrFNO. The van der Waals surface area contributed by atoms with E-state index in [2.05, 4.69) is 20.8 Å². The molecule has 1 aliphatic rings. The van der Waals surface area contributed by atoms with Crippen LogP contribution in [0.4, 0.5) is 4.39 Å². The van der Waals surface area contributed by atoms with Crippen molar-refractivity contribution in [3.8, 4) is 0 Å². The van der Waals surface area contributed by atoms with Crippen molar-refractivity contribution in [2.24, 2.45) is 0 Å². The predicted molar refractivity (Wildman–Crippen MR) is 45.9 cm³/mol. The molecule has 1 saturated heterocycles. The number of ether oxygens (including phenoxy) is 1. The Labute approximate surface area is 74.8 Å². The molecule has 0 saturated carbocycles. The van der Waals surface area contributed by atoms with Gasteiger partial charge in [0.15, 0.2) is 0 Å². The fourth-order valence-corrected chi connectivity index (χ4v) is 1.83. The molecule has 0 aromatic rings. The molecule has 1 fully saturated rings. The van der Waals surface area contributed by atoms with E-state index in [1.165, 1.54) is 0 Å². The first-order valence-electron chi connectivity index (χ1n) is 3.82. The summed E-state index contributed by atoms with van der Waals surface area (Å²) in [6.07, 6.45) is 0. The Hall–Kier alpha value is 0.330. The van der Waals surface area contributed by atoms with Gasteiger partial charge in [0.2, 0.25) is 0 Å². The molecule has 0 amide bonds. The number of hydrogen-bond acceptors (Lipinski definition) is 2. The van der Waals surface area contributed by atoms with Gasteiger partial charge in [0.25, 0.3) is 0 Å². The average molecular weight is 226 g/mol. The zero-order valence-electron chi connectivity index (χ0n) is 6.43. The van der Waals surface area contributed by atoms with Gasteiger partial charge >= 0.3 is 0 Å². The van der Waals surface area contributed by atoms with Crippen molar-refractivity contribution < 1.29 is 9.13 Å². The quantitative estimate of drug-likeness (QED) is 0.667. The second kappa shape index (κ2) is 5.06. The third-order valence-electron chi connectivity index (χ3n) is 1.90. The molecule has 0 aromatic heterocycles. The van der Waals surface area contributed by atoms with Gasteiger partial charge in [-0.15, -0.1) is 0 Å². The van der Waals surface area contributed by atoms with Crippen LogP contribution in [-0.2, 0) is 4.74 Å². The minimum absolute atomic E-state index is 0.260. The lowest BCUT2D eigenvalue weighted by molar-refractivity contribution is -0.000190. The first kappa shape index (κ1) is 9.42.